The van der Waals surface area contributed by atoms with Crippen LogP contribution in [0.3, 0.4) is 0 Å². The minimum atomic E-state index is -0.685. The molecule has 4 nitrogen and oxygen atoms in total. The number of ether oxygens (including phenoxy) is 1. The molecule has 1 aromatic carbocycles. The van der Waals surface area contributed by atoms with Crippen LogP contribution in [-0.4, -0.2) is 29.4 Å². The zero-order valence-corrected chi connectivity index (χ0v) is 11.3. The molecule has 1 aromatic rings. The summed E-state index contributed by atoms with van der Waals surface area (Å²) in [4.78, 5) is 14.4. The number of carbonyl (C=O) groups excluding carboxylic acids is 1. The highest BCUT2D eigenvalue weighted by Gasteiger charge is 2.73. The van der Waals surface area contributed by atoms with Gasteiger partial charge in [-0.3, -0.25) is 9.69 Å². The first-order chi connectivity index (χ1) is 9.66. The lowest BCUT2D eigenvalue weighted by molar-refractivity contribution is -0.122. The van der Waals surface area contributed by atoms with Crippen molar-refractivity contribution in [2.45, 2.75) is 31.8 Å². The fourth-order valence-electron chi connectivity index (χ4n) is 4.89. The highest BCUT2D eigenvalue weighted by atomic mass is 16.6. The Hall–Kier alpha value is -1.39. The fraction of sp³-hybridized carbons (Fsp3) is 0.562. The van der Waals surface area contributed by atoms with Gasteiger partial charge < -0.3 is 9.84 Å². The number of rotatable bonds is 1. The highest BCUT2D eigenvalue weighted by Crippen LogP contribution is 2.65. The van der Waals surface area contributed by atoms with Crippen LogP contribution in [-0.2, 0) is 9.53 Å². The van der Waals surface area contributed by atoms with E-state index in [-0.39, 0.29) is 17.7 Å². The third-order valence-corrected chi connectivity index (χ3v) is 5.76. The quantitative estimate of drug-likeness (QED) is 0.784. The average molecular weight is 271 g/mol. The van der Waals surface area contributed by atoms with Gasteiger partial charge in [-0.05, 0) is 31.4 Å². The number of hydrogen-bond donors (Lipinski definition) is 1. The summed E-state index contributed by atoms with van der Waals surface area (Å²) in [6.07, 6.45) is 1.00. The number of hydrogen-bond acceptors (Lipinski definition) is 3. The molecule has 5 rings (SSSR count). The topological polar surface area (TPSA) is 53.1 Å². The molecule has 0 radical (unpaired) electrons. The molecular formula is C16H17NO3. The van der Waals surface area contributed by atoms with E-state index >= 15 is 0 Å². The summed E-state index contributed by atoms with van der Waals surface area (Å²) in [5.74, 6) is 0.849. The molecule has 2 saturated heterocycles. The lowest BCUT2D eigenvalue weighted by Crippen LogP contribution is -2.37. The van der Waals surface area contributed by atoms with E-state index in [1.165, 1.54) is 0 Å². The number of aliphatic hydroxyl groups excluding tert-OH is 1. The summed E-state index contributed by atoms with van der Waals surface area (Å²) >= 11 is 0. The molecular weight excluding hydrogens is 254 g/mol. The van der Waals surface area contributed by atoms with Crippen molar-refractivity contribution in [3.63, 3.8) is 0 Å². The molecule has 4 fully saturated rings. The van der Waals surface area contributed by atoms with Gasteiger partial charge in [0.25, 0.3) is 0 Å². The molecule has 2 aliphatic carbocycles. The number of fused-ring (bicyclic) bond motifs is 8. The first-order valence-electron chi connectivity index (χ1n) is 7.40. The summed E-state index contributed by atoms with van der Waals surface area (Å²) in [5, 5.41) is 10.7. The summed E-state index contributed by atoms with van der Waals surface area (Å²) in [6.45, 7) is 2.02. The molecule has 104 valence electrons. The first kappa shape index (κ1) is 11.3. The van der Waals surface area contributed by atoms with E-state index in [1.807, 2.05) is 31.2 Å². The molecule has 4 heteroatoms. The molecule has 2 saturated carbocycles. The van der Waals surface area contributed by atoms with Gasteiger partial charge in [0.2, 0.25) is 5.91 Å². The molecule has 7 atom stereocenters. The van der Waals surface area contributed by atoms with Crippen LogP contribution < -0.4 is 4.90 Å². The van der Waals surface area contributed by atoms with Gasteiger partial charge in [0.05, 0.1) is 18.1 Å². The smallest absolute Gasteiger partial charge is 0.233 e. The van der Waals surface area contributed by atoms with Crippen LogP contribution in [0.25, 0.3) is 0 Å². The molecule has 0 aromatic heterocycles. The second-order valence-electron chi connectivity index (χ2n) is 6.69. The summed E-state index contributed by atoms with van der Waals surface area (Å²) in [7, 11) is 0. The van der Waals surface area contributed by atoms with Gasteiger partial charge in [0.15, 0.2) is 0 Å². The lowest BCUT2D eigenvalue weighted by atomic mass is 9.81. The van der Waals surface area contributed by atoms with Gasteiger partial charge in [0.1, 0.15) is 6.23 Å². The van der Waals surface area contributed by atoms with E-state index in [0.29, 0.717) is 24.0 Å². The summed E-state index contributed by atoms with van der Waals surface area (Å²) in [5.41, 5.74) is 1.97. The summed E-state index contributed by atoms with van der Waals surface area (Å²) in [6, 6.07) is 7.82. The Labute approximate surface area is 117 Å². The van der Waals surface area contributed by atoms with Crippen LogP contribution >= 0.6 is 0 Å². The second kappa shape index (κ2) is 3.43. The number of nitrogens with zero attached hydrogens (tertiary/aromatic N) is 1. The molecule has 1 amide bonds. The van der Waals surface area contributed by atoms with Crippen molar-refractivity contribution in [1.29, 1.82) is 0 Å². The van der Waals surface area contributed by atoms with Gasteiger partial charge in [-0.25, -0.2) is 0 Å². The van der Waals surface area contributed by atoms with Crippen molar-refractivity contribution in [3.05, 3.63) is 29.8 Å². The number of aliphatic hydroxyl groups is 1. The van der Waals surface area contributed by atoms with Crippen LogP contribution in [0, 0.1) is 30.6 Å². The van der Waals surface area contributed by atoms with E-state index in [2.05, 4.69) is 0 Å². The molecule has 1 N–H and O–H groups in total. The number of aryl methyl sites for hydroxylation is 1. The van der Waals surface area contributed by atoms with Crippen molar-refractivity contribution in [3.8, 4) is 0 Å². The van der Waals surface area contributed by atoms with E-state index in [1.54, 1.807) is 4.90 Å². The molecule has 6 unspecified atom stereocenters. The molecule has 0 spiro atoms. The molecule has 4 aliphatic rings. The number of amides is 1. The van der Waals surface area contributed by atoms with Crippen LogP contribution in [0.1, 0.15) is 12.0 Å². The maximum Gasteiger partial charge on any atom is 0.233 e. The predicted molar refractivity (Wildman–Crippen MR) is 71.9 cm³/mol. The molecule has 20 heavy (non-hydrogen) atoms. The van der Waals surface area contributed by atoms with Crippen molar-refractivity contribution in [2.75, 3.05) is 4.90 Å². The van der Waals surface area contributed by atoms with Crippen molar-refractivity contribution in [1.82, 2.24) is 0 Å². The largest absolute Gasteiger partial charge is 0.373 e. The van der Waals surface area contributed by atoms with Crippen LogP contribution in [0.5, 0.6) is 0 Å². The molecule has 2 aliphatic heterocycles. The Kier molecular flexibility index (Phi) is 1.94. The van der Waals surface area contributed by atoms with Crippen molar-refractivity contribution < 1.29 is 14.6 Å². The number of benzene rings is 1. The maximum atomic E-state index is 12.7. The highest BCUT2D eigenvalue weighted by molar-refractivity contribution is 5.99. The van der Waals surface area contributed by atoms with E-state index in [4.69, 9.17) is 4.74 Å². The summed E-state index contributed by atoms with van der Waals surface area (Å²) < 4.78 is 5.65. The Bertz CT molecular complexity index is 598. The van der Waals surface area contributed by atoms with Crippen molar-refractivity contribution in [2.24, 2.45) is 23.7 Å². The van der Waals surface area contributed by atoms with Gasteiger partial charge in [0, 0.05) is 17.5 Å². The van der Waals surface area contributed by atoms with Crippen molar-refractivity contribution >= 4 is 11.6 Å². The zero-order chi connectivity index (χ0) is 13.6. The first-order valence-corrected chi connectivity index (χ1v) is 7.40. The third kappa shape index (κ3) is 1.18. The minimum absolute atomic E-state index is 0.0277. The number of epoxide rings is 1. The number of anilines is 1. The number of carbonyl (C=O) groups is 1. The van der Waals surface area contributed by atoms with Crippen LogP contribution in [0.4, 0.5) is 5.69 Å². The SMILES string of the molecule is Cc1ccc(N2C(=O)C3C4CC(C5OC45)C3[C@@H]2O)cc1. The minimum Gasteiger partial charge on any atom is -0.373 e. The lowest BCUT2D eigenvalue weighted by Gasteiger charge is -2.26. The van der Waals surface area contributed by atoms with E-state index in [9.17, 15) is 9.90 Å². The van der Waals surface area contributed by atoms with Gasteiger partial charge in [-0.1, -0.05) is 17.7 Å². The predicted octanol–water partition coefficient (Wildman–Crippen LogP) is 1.31. The Morgan fingerprint density at radius 3 is 2.65 bits per heavy atom. The Balaban J connectivity index is 1.54. The second-order valence-corrected chi connectivity index (χ2v) is 6.69. The zero-order valence-electron chi connectivity index (χ0n) is 11.3. The third-order valence-electron chi connectivity index (χ3n) is 5.76. The Morgan fingerprint density at radius 2 is 1.90 bits per heavy atom. The van der Waals surface area contributed by atoms with Crippen LogP contribution in [0.2, 0.25) is 0 Å². The van der Waals surface area contributed by atoms with Gasteiger partial charge in [-0.2, -0.15) is 0 Å². The average Bonchev–Trinajstić information content (AvgIpc) is 2.96. The molecule has 2 bridgehead atoms. The van der Waals surface area contributed by atoms with E-state index in [0.717, 1.165) is 17.7 Å². The standard InChI is InChI=1S/C16H17NO3/c1-7-2-4-8(5-3-7)17-15(18)11-9-6-10(12(11)16(17)19)14-13(9)20-14/h2-5,9-15,18H,6H2,1H3/t9?,10?,11?,12?,13?,14?,15-/m0/s1. The van der Waals surface area contributed by atoms with Crippen LogP contribution in [0.15, 0.2) is 24.3 Å². The van der Waals surface area contributed by atoms with Gasteiger partial charge >= 0.3 is 0 Å². The monoisotopic (exact) mass is 271 g/mol. The normalized spacial score (nSPS) is 47.6. The maximum absolute atomic E-state index is 12.7. The van der Waals surface area contributed by atoms with Gasteiger partial charge in [-0.15, -0.1) is 0 Å². The van der Waals surface area contributed by atoms with E-state index < -0.39 is 6.23 Å². The molecule has 2 heterocycles. The fourth-order valence-corrected chi connectivity index (χ4v) is 4.89. The Morgan fingerprint density at radius 1 is 1.20 bits per heavy atom.